The Morgan fingerprint density at radius 1 is 1.34 bits per heavy atom. The third kappa shape index (κ3) is 6.54. The normalized spacial score (nSPS) is 21.1. The van der Waals surface area contributed by atoms with Gasteiger partial charge in [0.1, 0.15) is 5.84 Å². The number of hydrogen-bond donors (Lipinski definition) is 2. The maximum atomic E-state index is 11.3. The molecule has 0 aromatic rings. The minimum Gasteiger partial charge on any atom is -0.327 e. The van der Waals surface area contributed by atoms with Gasteiger partial charge in [0.05, 0.1) is 12.1 Å². The molecule has 6 heteroatoms. The van der Waals surface area contributed by atoms with Crippen molar-refractivity contribution in [1.29, 1.82) is 0 Å². The Kier molecular flexibility index (Phi) is 9.61. The molecule has 29 heavy (non-hydrogen) atoms. The number of rotatable bonds is 12. The number of carbonyl (C=O) groups is 1. The lowest BCUT2D eigenvalue weighted by molar-refractivity contribution is -0.124. The van der Waals surface area contributed by atoms with E-state index in [0.29, 0.717) is 12.1 Å². The Morgan fingerprint density at radius 2 is 2.10 bits per heavy atom. The van der Waals surface area contributed by atoms with Crippen LogP contribution in [-0.4, -0.2) is 58.5 Å². The number of likely N-dealkylation sites (N-methyl/N-ethyl adjacent to an activating group) is 1. The molecule has 0 saturated carbocycles. The van der Waals surface area contributed by atoms with Crippen LogP contribution >= 0.6 is 0 Å². The summed E-state index contributed by atoms with van der Waals surface area (Å²) in [6, 6.07) is 0.648. The minimum absolute atomic E-state index is 0.297. The fraction of sp³-hybridized carbons (Fsp3) is 0.652. The van der Waals surface area contributed by atoms with E-state index in [-0.39, 0.29) is 0 Å². The highest BCUT2D eigenvalue weighted by molar-refractivity contribution is 5.98. The molecular weight excluding hydrogens is 364 g/mol. The van der Waals surface area contributed by atoms with Gasteiger partial charge >= 0.3 is 0 Å². The van der Waals surface area contributed by atoms with Gasteiger partial charge in [0.2, 0.25) is 0 Å². The Morgan fingerprint density at radius 3 is 2.72 bits per heavy atom. The molecular formula is C23H38N4O2. The van der Waals surface area contributed by atoms with Crippen molar-refractivity contribution in [2.75, 3.05) is 19.6 Å². The number of fused-ring (bicyclic) bond motifs is 1. The van der Waals surface area contributed by atoms with Gasteiger partial charge in [-0.15, -0.1) is 0 Å². The molecule has 2 aliphatic heterocycles. The number of hydroxylamine groups is 1. The van der Waals surface area contributed by atoms with Gasteiger partial charge in [-0.1, -0.05) is 53.4 Å². The maximum Gasteiger partial charge on any atom is 0.267 e. The Hall–Kier alpha value is -1.92. The van der Waals surface area contributed by atoms with Crippen molar-refractivity contribution < 1.29 is 10.0 Å². The van der Waals surface area contributed by atoms with Gasteiger partial charge in [-0.05, 0) is 42.7 Å². The van der Waals surface area contributed by atoms with E-state index in [9.17, 15) is 4.79 Å². The van der Waals surface area contributed by atoms with Crippen LogP contribution < -0.4 is 5.48 Å². The average Bonchev–Trinajstić information content (AvgIpc) is 3.09. The highest BCUT2D eigenvalue weighted by atomic mass is 16.5. The Labute approximate surface area is 176 Å². The summed E-state index contributed by atoms with van der Waals surface area (Å²) in [4.78, 5) is 21.2. The lowest BCUT2D eigenvalue weighted by Crippen LogP contribution is -2.46. The maximum absolute atomic E-state index is 11.3. The SMILES string of the molecule is CCCCC1N=C2C=C(/C=C/C(=O)NO)C=CN2C1CN(CC)CC(CC)CC. The van der Waals surface area contributed by atoms with Crippen molar-refractivity contribution in [1.82, 2.24) is 15.3 Å². The van der Waals surface area contributed by atoms with E-state index in [1.54, 1.807) is 11.6 Å². The fourth-order valence-electron chi connectivity index (χ4n) is 4.04. The summed E-state index contributed by atoms with van der Waals surface area (Å²) in [5.41, 5.74) is 2.52. The zero-order valence-electron chi connectivity index (χ0n) is 18.5. The lowest BCUT2D eigenvalue weighted by atomic mass is 9.99. The van der Waals surface area contributed by atoms with Crippen molar-refractivity contribution in [3.63, 3.8) is 0 Å². The van der Waals surface area contributed by atoms with Crippen LogP contribution in [0.25, 0.3) is 0 Å². The molecule has 0 spiro atoms. The van der Waals surface area contributed by atoms with E-state index >= 15 is 0 Å². The molecule has 162 valence electrons. The molecule has 0 aromatic heterocycles. The zero-order chi connectivity index (χ0) is 21.2. The molecule has 0 aromatic carbocycles. The van der Waals surface area contributed by atoms with Gasteiger partial charge < -0.3 is 9.80 Å². The molecule has 6 nitrogen and oxygen atoms in total. The van der Waals surface area contributed by atoms with Crippen molar-refractivity contribution in [2.45, 2.75) is 71.9 Å². The molecule has 0 aliphatic carbocycles. The van der Waals surface area contributed by atoms with E-state index in [4.69, 9.17) is 10.2 Å². The van der Waals surface area contributed by atoms with Gasteiger partial charge in [-0.25, -0.2) is 5.48 Å². The quantitative estimate of drug-likeness (QED) is 0.295. The van der Waals surface area contributed by atoms with E-state index in [1.807, 2.05) is 12.2 Å². The van der Waals surface area contributed by atoms with Gasteiger partial charge in [0.25, 0.3) is 5.91 Å². The monoisotopic (exact) mass is 402 g/mol. The number of unbranched alkanes of at least 4 members (excludes halogenated alkanes) is 1. The van der Waals surface area contributed by atoms with Crippen LogP contribution in [0.2, 0.25) is 0 Å². The van der Waals surface area contributed by atoms with Gasteiger partial charge in [-0.3, -0.25) is 15.0 Å². The average molecular weight is 403 g/mol. The number of nitrogens with zero attached hydrogens (tertiary/aromatic N) is 3. The van der Waals surface area contributed by atoms with Crippen LogP contribution in [-0.2, 0) is 4.79 Å². The Bertz CT molecular complexity index is 649. The summed E-state index contributed by atoms with van der Waals surface area (Å²) in [6.07, 6.45) is 15.1. The molecule has 0 bridgehead atoms. The van der Waals surface area contributed by atoms with Crippen molar-refractivity contribution in [3.05, 3.63) is 36.1 Å². The van der Waals surface area contributed by atoms with Crippen LogP contribution in [0.3, 0.4) is 0 Å². The second-order valence-corrected chi connectivity index (χ2v) is 7.98. The van der Waals surface area contributed by atoms with E-state index in [1.165, 1.54) is 31.8 Å². The number of amidine groups is 1. The number of allylic oxidation sites excluding steroid dienone is 3. The number of carbonyl (C=O) groups excluding carboxylic acids is 1. The first-order valence-electron chi connectivity index (χ1n) is 11.2. The van der Waals surface area contributed by atoms with Crippen molar-refractivity contribution in [2.24, 2.45) is 10.9 Å². The first-order valence-corrected chi connectivity index (χ1v) is 11.2. The molecule has 2 aliphatic rings. The predicted molar refractivity (Wildman–Crippen MR) is 119 cm³/mol. The summed E-state index contributed by atoms with van der Waals surface area (Å²) >= 11 is 0. The second-order valence-electron chi connectivity index (χ2n) is 7.98. The highest BCUT2D eigenvalue weighted by Crippen LogP contribution is 2.28. The summed E-state index contributed by atoms with van der Waals surface area (Å²) in [7, 11) is 0. The fourth-order valence-corrected chi connectivity index (χ4v) is 4.04. The lowest BCUT2D eigenvalue weighted by Gasteiger charge is -2.34. The first-order chi connectivity index (χ1) is 14.1. The third-order valence-electron chi connectivity index (χ3n) is 6.04. The molecule has 0 saturated heterocycles. The topological polar surface area (TPSA) is 68.2 Å². The van der Waals surface area contributed by atoms with Gasteiger partial charge in [0.15, 0.2) is 0 Å². The first kappa shape index (κ1) is 23.4. The Balaban J connectivity index is 2.14. The zero-order valence-corrected chi connectivity index (χ0v) is 18.5. The van der Waals surface area contributed by atoms with Crippen LogP contribution in [0.4, 0.5) is 0 Å². The van der Waals surface area contributed by atoms with Gasteiger partial charge in [-0.2, -0.15) is 0 Å². The standard InChI is InChI=1S/C23H38N4O2/c1-5-9-10-20-21(17-26(8-4)16-18(6-2)7-3)27-14-13-19(15-22(27)24-20)11-12-23(28)25-29/h11-15,18,20-21,29H,5-10,16-17H2,1-4H3,(H,25,28)/b12-11+. The number of hydrogen-bond acceptors (Lipinski definition) is 5. The van der Waals surface area contributed by atoms with E-state index in [0.717, 1.165) is 43.4 Å². The summed E-state index contributed by atoms with van der Waals surface area (Å²) in [6.45, 7) is 12.3. The summed E-state index contributed by atoms with van der Waals surface area (Å²) in [5, 5.41) is 8.65. The molecule has 1 amide bonds. The highest BCUT2D eigenvalue weighted by Gasteiger charge is 2.36. The van der Waals surface area contributed by atoms with Crippen LogP contribution in [0.5, 0.6) is 0 Å². The molecule has 2 unspecified atom stereocenters. The second kappa shape index (κ2) is 11.9. The number of nitrogens with one attached hydrogen (secondary N) is 1. The minimum atomic E-state index is -0.534. The van der Waals surface area contributed by atoms with E-state index in [2.05, 4.69) is 43.7 Å². The van der Waals surface area contributed by atoms with Crippen LogP contribution in [0.15, 0.2) is 41.1 Å². The van der Waals surface area contributed by atoms with Crippen LogP contribution in [0.1, 0.15) is 59.8 Å². The van der Waals surface area contributed by atoms with Crippen molar-refractivity contribution in [3.8, 4) is 0 Å². The summed E-state index contributed by atoms with van der Waals surface area (Å²) < 4.78 is 0. The summed E-state index contributed by atoms with van der Waals surface area (Å²) in [5.74, 6) is 1.19. The molecule has 2 heterocycles. The van der Waals surface area contributed by atoms with Crippen molar-refractivity contribution >= 4 is 11.7 Å². The molecule has 2 rings (SSSR count). The third-order valence-corrected chi connectivity index (χ3v) is 6.04. The molecule has 0 fully saturated rings. The largest absolute Gasteiger partial charge is 0.327 e. The molecule has 0 radical (unpaired) electrons. The van der Waals surface area contributed by atoms with Gasteiger partial charge in [0, 0.05) is 25.4 Å². The number of amides is 1. The molecule has 2 N–H and O–H groups in total. The molecule has 2 atom stereocenters. The van der Waals surface area contributed by atoms with E-state index < -0.39 is 5.91 Å². The number of aliphatic imine (C=N–C) groups is 1. The smallest absolute Gasteiger partial charge is 0.267 e. The predicted octanol–water partition coefficient (Wildman–Crippen LogP) is 3.90. The van der Waals surface area contributed by atoms with Crippen LogP contribution in [0, 0.1) is 5.92 Å².